The van der Waals surface area contributed by atoms with E-state index in [4.69, 9.17) is 11.6 Å². The molecular weight excluding hydrogens is 444 g/mol. The number of aromatic nitrogens is 2. The molecule has 0 bridgehead atoms. The van der Waals surface area contributed by atoms with Crippen molar-refractivity contribution >= 4 is 44.9 Å². The first-order chi connectivity index (χ1) is 15.5. The molecule has 1 saturated heterocycles. The summed E-state index contributed by atoms with van der Waals surface area (Å²) in [5.41, 5.74) is 1.33. The van der Waals surface area contributed by atoms with Crippen LogP contribution in [-0.2, 0) is 0 Å². The lowest BCUT2D eigenvalue weighted by molar-refractivity contribution is 0.0964. The monoisotopic (exact) mass is 472 g/mol. The third kappa shape index (κ3) is 5.04. The normalized spacial score (nSPS) is 17.6. The third-order valence-corrected chi connectivity index (χ3v) is 7.37. The maximum Gasteiger partial charge on any atom is 0.251 e. The lowest BCUT2D eigenvalue weighted by atomic mass is 10.1. The van der Waals surface area contributed by atoms with Crippen LogP contribution >= 0.6 is 22.9 Å². The average molecular weight is 473 g/mol. The maximum atomic E-state index is 12.2. The molecule has 2 aromatic heterocycles. The van der Waals surface area contributed by atoms with E-state index < -0.39 is 0 Å². The van der Waals surface area contributed by atoms with Gasteiger partial charge in [0, 0.05) is 54.9 Å². The van der Waals surface area contributed by atoms with E-state index in [1.54, 1.807) is 24.6 Å². The van der Waals surface area contributed by atoms with Gasteiger partial charge in [0.2, 0.25) is 5.95 Å². The summed E-state index contributed by atoms with van der Waals surface area (Å²) in [5, 5.41) is 7.43. The lowest BCUT2D eigenvalue weighted by Gasteiger charge is -2.37. The smallest absolute Gasteiger partial charge is 0.251 e. The first-order valence-corrected chi connectivity index (χ1v) is 12.1. The van der Waals surface area contributed by atoms with Gasteiger partial charge in [-0.15, -0.1) is 11.3 Å². The molecule has 9 heteroatoms. The van der Waals surface area contributed by atoms with Crippen molar-refractivity contribution in [2.24, 2.45) is 0 Å². The summed E-state index contributed by atoms with van der Waals surface area (Å²) in [4.78, 5) is 27.1. The van der Waals surface area contributed by atoms with E-state index >= 15 is 0 Å². The molecule has 1 amide bonds. The van der Waals surface area contributed by atoms with Gasteiger partial charge < -0.3 is 20.4 Å². The highest BCUT2D eigenvalue weighted by Crippen LogP contribution is 2.37. The summed E-state index contributed by atoms with van der Waals surface area (Å²) in [7, 11) is 3.83. The van der Waals surface area contributed by atoms with Crippen molar-refractivity contribution in [1.29, 1.82) is 0 Å². The fraction of sp³-hybridized carbons (Fsp3) is 0.435. The molecule has 1 fully saturated rings. The van der Waals surface area contributed by atoms with Crippen molar-refractivity contribution in [2.45, 2.75) is 19.4 Å². The van der Waals surface area contributed by atoms with E-state index in [1.807, 2.05) is 24.3 Å². The van der Waals surface area contributed by atoms with Crippen molar-refractivity contribution in [3.05, 3.63) is 41.0 Å². The summed E-state index contributed by atoms with van der Waals surface area (Å²) in [5.74, 6) is 0.464. The van der Waals surface area contributed by atoms with Crippen molar-refractivity contribution in [3.8, 4) is 10.6 Å². The molecule has 7 nitrogen and oxygen atoms in total. The van der Waals surface area contributed by atoms with Crippen molar-refractivity contribution in [3.63, 3.8) is 0 Å². The van der Waals surface area contributed by atoms with Gasteiger partial charge in [-0.05, 0) is 45.1 Å². The molecule has 4 rings (SSSR count). The van der Waals surface area contributed by atoms with Crippen LogP contribution < -0.4 is 10.6 Å². The lowest BCUT2D eigenvalue weighted by Crippen LogP contribution is -2.50. The molecule has 1 aliphatic rings. The van der Waals surface area contributed by atoms with Gasteiger partial charge in [-0.1, -0.05) is 17.7 Å². The molecule has 1 aliphatic heterocycles. The Morgan fingerprint density at radius 2 is 2.19 bits per heavy atom. The van der Waals surface area contributed by atoms with Crippen LogP contribution in [0.3, 0.4) is 0 Å². The van der Waals surface area contributed by atoms with Gasteiger partial charge in [0.05, 0.1) is 16.1 Å². The first-order valence-electron chi connectivity index (χ1n) is 10.9. The summed E-state index contributed by atoms with van der Waals surface area (Å²) >= 11 is 8.01. The SMILES string of the molecule is CNC(=O)c1cccc2sc(-c3nc(NCCCN4CCN(C)[C@@H](C)C4)ncc3Cl)cc12. The van der Waals surface area contributed by atoms with Gasteiger partial charge >= 0.3 is 0 Å². The molecule has 0 radical (unpaired) electrons. The maximum absolute atomic E-state index is 12.2. The number of benzene rings is 1. The largest absolute Gasteiger partial charge is 0.355 e. The van der Waals surface area contributed by atoms with Gasteiger partial charge in [-0.25, -0.2) is 9.97 Å². The fourth-order valence-corrected chi connectivity index (χ4v) is 5.31. The average Bonchev–Trinajstić information content (AvgIpc) is 3.23. The minimum Gasteiger partial charge on any atom is -0.355 e. The second-order valence-electron chi connectivity index (χ2n) is 8.21. The zero-order chi connectivity index (χ0) is 22.7. The van der Waals surface area contributed by atoms with E-state index in [0.29, 0.717) is 28.3 Å². The molecule has 0 saturated carbocycles. The molecule has 1 aromatic carbocycles. The predicted octanol–water partition coefficient (Wildman–Crippen LogP) is 3.81. The molecule has 3 heterocycles. The number of anilines is 1. The number of carbonyl (C=O) groups excluding carboxylic acids is 1. The highest BCUT2D eigenvalue weighted by atomic mass is 35.5. The van der Waals surface area contributed by atoms with Crippen LogP contribution in [0, 0.1) is 0 Å². The Morgan fingerprint density at radius 1 is 1.34 bits per heavy atom. The molecule has 3 aromatic rings. The summed E-state index contributed by atoms with van der Waals surface area (Å²) in [6.45, 7) is 7.49. The van der Waals surface area contributed by atoms with E-state index in [9.17, 15) is 4.79 Å². The Kier molecular flexibility index (Phi) is 7.25. The number of nitrogens with zero attached hydrogens (tertiary/aromatic N) is 4. The molecule has 1 atom stereocenters. The predicted molar refractivity (Wildman–Crippen MR) is 133 cm³/mol. The molecular formula is C23H29ClN6OS. The number of thiophene rings is 1. The Balaban J connectivity index is 1.43. The zero-order valence-electron chi connectivity index (χ0n) is 18.7. The highest BCUT2D eigenvalue weighted by molar-refractivity contribution is 7.22. The molecule has 0 unspecified atom stereocenters. The van der Waals surface area contributed by atoms with E-state index in [2.05, 4.69) is 44.4 Å². The van der Waals surface area contributed by atoms with Crippen LogP contribution in [0.25, 0.3) is 20.7 Å². The van der Waals surface area contributed by atoms with Gasteiger partial charge in [-0.3, -0.25) is 4.79 Å². The number of likely N-dealkylation sites (N-methyl/N-ethyl adjacent to an activating group) is 1. The van der Waals surface area contributed by atoms with Gasteiger partial charge in [-0.2, -0.15) is 0 Å². The van der Waals surface area contributed by atoms with Crippen molar-refractivity contribution < 1.29 is 4.79 Å². The summed E-state index contributed by atoms with van der Waals surface area (Å²) < 4.78 is 1.02. The number of halogens is 1. The van der Waals surface area contributed by atoms with Crippen molar-refractivity contribution in [1.82, 2.24) is 25.1 Å². The molecule has 32 heavy (non-hydrogen) atoms. The second kappa shape index (κ2) is 10.1. The molecule has 170 valence electrons. The summed E-state index contributed by atoms with van der Waals surface area (Å²) in [6, 6.07) is 8.31. The third-order valence-electron chi connectivity index (χ3n) is 5.99. The molecule has 2 N–H and O–H groups in total. The minimum atomic E-state index is -0.106. The Bertz CT molecular complexity index is 1100. The summed E-state index contributed by atoms with van der Waals surface area (Å²) in [6.07, 6.45) is 2.66. The van der Waals surface area contributed by atoms with Crippen LogP contribution in [-0.4, -0.2) is 78.5 Å². The first kappa shape index (κ1) is 22.9. The number of hydrogen-bond donors (Lipinski definition) is 2. The number of fused-ring (bicyclic) bond motifs is 1. The number of piperazine rings is 1. The molecule has 0 aliphatic carbocycles. The van der Waals surface area contributed by atoms with Gasteiger partial charge in [0.15, 0.2) is 0 Å². The minimum absolute atomic E-state index is 0.106. The van der Waals surface area contributed by atoms with Crippen LogP contribution in [0.4, 0.5) is 5.95 Å². The Labute approximate surface area is 197 Å². The zero-order valence-corrected chi connectivity index (χ0v) is 20.3. The van der Waals surface area contributed by atoms with Crippen molar-refractivity contribution in [2.75, 3.05) is 52.1 Å². The van der Waals surface area contributed by atoms with Crippen LogP contribution in [0.2, 0.25) is 5.02 Å². The quantitative estimate of drug-likeness (QED) is 0.509. The number of rotatable bonds is 7. The van der Waals surface area contributed by atoms with E-state index in [0.717, 1.165) is 54.1 Å². The van der Waals surface area contributed by atoms with Gasteiger partial charge in [0.1, 0.15) is 5.69 Å². The highest BCUT2D eigenvalue weighted by Gasteiger charge is 2.20. The van der Waals surface area contributed by atoms with E-state index in [-0.39, 0.29) is 5.91 Å². The van der Waals surface area contributed by atoms with Crippen LogP contribution in [0.5, 0.6) is 0 Å². The van der Waals surface area contributed by atoms with Crippen LogP contribution in [0.15, 0.2) is 30.5 Å². The molecule has 0 spiro atoms. The second-order valence-corrected chi connectivity index (χ2v) is 9.70. The fourth-order valence-electron chi connectivity index (χ4n) is 3.97. The van der Waals surface area contributed by atoms with Gasteiger partial charge in [0.25, 0.3) is 5.91 Å². The number of nitrogens with one attached hydrogen (secondary N) is 2. The number of amides is 1. The number of hydrogen-bond acceptors (Lipinski definition) is 7. The Hall–Kier alpha value is -2.26. The topological polar surface area (TPSA) is 73.4 Å². The van der Waals surface area contributed by atoms with Crippen LogP contribution in [0.1, 0.15) is 23.7 Å². The standard InChI is InChI=1S/C23H29ClN6OS/c1-15-14-30(11-10-29(15)3)9-5-8-26-23-27-13-18(24)21(28-23)20-12-17-16(22(31)25-2)6-4-7-19(17)32-20/h4,6-7,12-13,15H,5,8-11,14H2,1-3H3,(H,25,31)(H,26,27,28)/t15-/m0/s1. The Morgan fingerprint density at radius 3 is 2.97 bits per heavy atom. The number of carbonyl (C=O) groups is 1. The van der Waals surface area contributed by atoms with E-state index in [1.165, 1.54) is 0 Å².